The van der Waals surface area contributed by atoms with Gasteiger partial charge in [-0.25, -0.2) is 0 Å². The highest BCUT2D eigenvalue weighted by molar-refractivity contribution is 6.00. The Kier molecular flexibility index (Phi) is 4.97. The lowest BCUT2D eigenvalue weighted by atomic mass is 9.80. The highest BCUT2D eigenvalue weighted by Crippen LogP contribution is 2.43. The van der Waals surface area contributed by atoms with Crippen LogP contribution in [0.25, 0.3) is 0 Å². The standard InChI is InChI=1S/C19H25N3O2/c1-3-22(4-2)14-9-7-8-13(12-14)20-21-17-18(23)15-10-5-6-11-16(15)19(17)24/h7-9,12,15-16,23H,3-6,10-11H2,1-2H3. The van der Waals surface area contributed by atoms with Crippen LogP contribution in [0.4, 0.5) is 11.4 Å². The number of Topliss-reactive ketones (excluding diaryl/α,β-unsaturated/α-hetero) is 1. The van der Waals surface area contributed by atoms with E-state index >= 15 is 0 Å². The fourth-order valence-corrected chi connectivity index (χ4v) is 3.80. The van der Waals surface area contributed by atoms with E-state index in [1.807, 2.05) is 24.3 Å². The summed E-state index contributed by atoms with van der Waals surface area (Å²) < 4.78 is 0. The number of hydrogen-bond donors (Lipinski definition) is 1. The molecule has 0 amide bonds. The molecule has 5 nitrogen and oxygen atoms in total. The van der Waals surface area contributed by atoms with E-state index in [0.29, 0.717) is 5.69 Å². The zero-order chi connectivity index (χ0) is 17.1. The number of carbonyl (C=O) groups excluding carboxylic acids is 1. The average molecular weight is 327 g/mol. The number of allylic oxidation sites excluding steroid dienone is 2. The average Bonchev–Trinajstić information content (AvgIpc) is 2.86. The predicted octanol–water partition coefficient (Wildman–Crippen LogP) is 4.78. The molecule has 24 heavy (non-hydrogen) atoms. The summed E-state index contributed by atoms with van der Waals surface area (Å²) in [5, 5.41) is 18.7. The van der Waals surface area contributed by atoms with Crippen LogP contribution in [0.5, 0.6) is 0 Å². The Morgan fingerprint density at radius 3 is 2.50 bits per heavy atom. The van der Waals surface area contributed by atoms with Gasteiger partial charge in [-0.15, -0.1) is 5.11 Å². The molecule has 0 radical (unpaired) electrons. The second kappa shape index (κ2) is 7.16. The highest BCUT2D eigenvalue weighted by Gasteiger charge is 2.43. The molecule has 0 heterocycles. The summed E-state index contributed by atoms with van der Waals surface area (Å²) in [5.74, 6) is -0.0221. The van der Waals surface area contributed by atoms with Crippen LogP contribution in [-0.2, 0) is 4.79 Å². The lowest BCUT2D eigenvalue weighted by Crippen LogP contribution is -2.21. The van der Waals surface area contributed by atoms with Gasteiger partial charge in [0.05, 0.1) is 5.69 Å². The Morgan fingerprint density at radius 1 is 1.12 bits per heavy atom. The molecule has 5 heteroatoms. The van der Waals surface area contributed by atoms with E-state index in [1.165, 1.54) is 0 Å². The molecule has 0 bridgehead atoms. The molecule has 0 aromatic heterocycles. The lowest BCUT2D eigenvalue weighted by Gasteiger charge is -2.23. The fraction of sp³-hybridized carbons (Fsp3) is 0.526. The number of aliphatic hydroxyl groups excluding tert-OH is 1. The molecule has 0 aliphatic heterocycles. The van der Waals surface area contributed by atoms with E-state index in [0.717, 1.165) is 44.5 Å². The zero-order valence-electron chi connectivity index (χ0n) is 14.4. The third-order valence-corrected chi connectivity index (χ3v) is 5.15. The molecule has 0 spiro atoms. The number of anilines is 1. The quantitative estimate of drug-likeness (QED) is 0.792. The maximum atomic E-state index is 12.5. The minimum absolute atomic E-state index is 0.0396. The van der Waals surface area contributed by atoms with Gasteiger partial charge >= 0.3 is 0 Å². The van der Waals surface area contributed by atoms with Crippen LogP contribution >= 0.6 is 0 Å². The molecule has 1 aromatic rings. The molecule has 0 saturated heterocycles. The number of hydrogen-bond acceptors (Lipinski definition) is 5. The van der Waals surface area contributed by atoms with Gasteiger partial charge in [-0.1, -0.05) is 18.9 Å². The number of carbonyl (C=O) groups is 1. The van der Waals surface area contributed by atoms with Crippen molar-refractivity contribution in [1.82, 2.24) is 0 Å². The molecule has 1 saturated carbocycles. The van der Waals surface area contributed by atoms with Crippen molar-refractivity contribution in [1.29, 1.82) is 0 Å². The molecule has 128 valence electrons. The van der Waals surface area contributed by atoms with Crippen molar-refractivity contribution in [2.24, 2.45) is 22.1 Å². The van der Waals surface area contributed by atoms with Gasteiger partial charge in [0.25, 0.3) is 0 Å². The fourth-order valence-electron chi connectivity index (χ4n) is 3.80. The highest BCUT2D eigenvalue weighted by atomic mass is 16.3. The van der Waals surface area contributed by atoms with Crippen molar-refractivity contribution in [2.75, 3.05) is 18.0 Å². The van der Waals surface area contributed by atoms with Crippen LogP contribution in [0, 0.1) is 11.8 Å². The van der Waals surface area contributed by atoms with Crippen LogP contribution in [0.1, 0.15) is 39.5 Å². The molecule has 2 atom stereocenters. The first kappa shape index (κ1) is 16.7. The van der Waals surface area contributed by atoms with E-state index in [-0.39, 0.29) is 29.1 Å². The Morgan fingerprint density at radius 2 is 1.83 bits per heavy atom. The topological polar surface area (TPSA) is 65.3 Å². The SMILES string of the molecule is CCN(CC)c1cccc(N=NC2=C(O)C3CCCCC3C2=O)c1. The minimum Gasteiger partial charge on any atom is -0.510 e. The Labute approximate surface area is 143 Å². The van der Waals surface area contributed by atoms with Gasteiger partial charge < -0.3 is 10.0 Å². The van der Waals surface area contributed by atoms with Crippen molar-refractivity contribution in [2.45, 2.75) is 39.5 Å². The Hall–Kier alpha value is -2.17. The number of nitrogens with zero attached hydrogens (tertiary/aromatic N) is 3. The summed E-state index contributed by atoms with van der Waals surface area (Å²) in [7, 11) is 0. The van der Waals surface area contributed by atoms with Crippen molar-refractivity contribution < 1.29 is 9.90 Å². The van der Waals surface area contributed by atoms with E-state index in [4.69, 9.17) is 0 Å². The minimum atomic E-state index is -0.0882. The van der Waals surface area contributed by atoms with Crippen LogP contribution in [0.2, 0.25) is 0 Å². The van der Waals surface area contributed by atoms with Gasteiger partial charge in [0.15, 0.2) is 11.5 Å². The van der Waals surface area contributed by atoms with Gasteiger partial charge in [0.2, 0.25) is 0 Å². The van der Waals surface area contributed by atoms with Crippen molar-refractivity contribution in [3.05, 3.63) is 35.7 Å². The molecule has 1 N–H and O–H groups in total. The van der Waals surface area contributed by atoms with Gasteiger partial charge in [0, 0.05) is 30.6 Å². The summed E-state index contributed by atoms with van der Waals surface area (Å²) in [4.78, 5) is 14.7. The van der Waals surface area contributed by atoms with Gasteiger partial charge in [-0.3, -0.25) is 4.79 Å². The molecule has 2 aliphatic rings. The number of benzene rings is 1. The first-order valence-electron chi connectivity index (χ1n) is 8.89. The molecule has 3 rings (SSSR count). The molecule has 2 aliphatic carbocycles. The van der Waals surface area contributed by atoms with Crippen molar-refractivity contribution >= 4 is 17.2 Å². The number of aliphatic hydroxyl groups is 1. The summed E-state index contributed by atoms with van der Waals surface area (Å²) in [5.41, 5.74) is 1.95. The van der Waals surface area contributed by atoms with Crippen molar-refractivity contribution in [3.8, 4) is 0 Å². The lowest BCUT2D eigenvalue weighted by molar-refractivity contribution is -0.120. The molecule has 1 fully saturated rings. The first-order chi connectivity index (χ1) is 11.7. The second-order valence-electron chi connectivity index (χ2n) is 6.49. The normalized spacial score (nSPS) is 23.8. The third kappa shape index (κ3) is 3.07. The van der Waals surface area contributed by atoms with Crippen LogP contribution in [0.3, 0.4) is 0 Å². The monoisotopic (exact) mass is 327 g/mol. The number of ketones is 1. The third-order valence-electron chi connectivity index (χ3n) is 5.15. The smallest absolute Gasteiger partial charge is 0.190 e. The van der Waals surface area contributed by atoms with Gasteiger partial charge in [0.1, 0.15) is 5.76 Å². The van der Waals surface area contributed by atoms with Gasteiger partial charge in [-0.05, 0) is 44.9 Å². The van der Waals surface area contributed by atoms with Crippen LogP contribution in [-0.4, -0.2) is 24.0 Å². The summed E-state index contributed by atoms with van der Waals surface area (Å²) in [6, 6.07) is 7.80. The number of fused-ring (bicyclic) bond motifs is 1. The number of azo groups is 1. The predicted molar refractivity (Wildman–Crippen MR) is 94.6 cm³/mol. The van der Waals surface area contributed by atoms with Crippen LogP contribution < -0.4 is 4.90 Å². The van der Waals surface area contributed by atoms with E-state index < -0.39 is 0 Å². The van der Waals surface area contributed by atoms with E-state index in [1.54, 1.807) is 0 Å². The Balaban J connectivity index is 1.82. The Bertz CT molecular complexity index is 677. The molecule has 2 unspecified atom stereocenters. The summed E-state index contributed by atoms with van der Waals surface area (Å²) >= 11 is 0. The maximum absolute atomic E-state index is 12.5. The van der Waals surface area contributed by atoms with E-state index in [9.17, 15) is 9.90 Å². The molecular formula is C19H25N3O2. The summed E-state index contributed by atoms with van der Waals surface area (Å²) in [6.07, 6.45) is 3.84. The molecular weight excluding hydrogens is 302 g/mol. The van der Waals surface area contributed by atoms with Gasteiger partial charge in [-0.2, -0.15) is 5.11 Å². The maximum Gasteiger partial charge on any atom is 0.190 e. The second-order valence-corrected chi connectivity index (χ2v) is 6.49. The first-order valence-corrected chi connectivity index (χ1v) is 8.89. The van der Waals surface area contributed by atoms with E-state index in [2.05, 4.69) is 29.0 Å². The van der Waals surface area contributed by atoms with Crippen LogP contribution in [0.15, 0.2) is 46.0 Å². The zero-order valence-corrected chi connectivity index (χ0v) is 14.4. The van der Waals surface area contributed by atoms with Crippen molar-refractivity contribution in [3.63, 3.8) is 0 Å². The summed E-state index contributed by atoms with van der Waals surface area (Å²) in [6.45, 7) is 6.06. The largest absolute Gasteiger partial charge is 0.510 e. The number of rotatable bonds is 5. The molecule has 1 aromatic carbocycles.